The highest BCUT2D eigenvalue weighted by Crippen LogP contribution is 2.33. The fraction of sp³-hybridized carbons (Fsp3) is 0.409. The van der Waals surface area contributed by atoms with Crippen LogP contribution >= 0.6 is 24.0 Å². The van der Waals surface area contributed by atoms with Crippen LogP contribution in [0, 0.1) is 5.92 Å². The molecule has 6 heteroatoms. The lowest BCUT2D eigenvalue weighted by atomic mass is 9.89. The van der Waals surface area contributed by atoms with E-state index in [1.165, 1.54) is 11.1 Å². The van der Waals surface area contributed by atoms with Gasteiger partial charge in [0.15, 0.2) is 5.96 Å². The number of benzene rings is 2. The Bertz CT molecular complexity index is 722. The van der Waals surface area contributed by atoms with Gasteiger partial charge in [0.2, 0.25) is 0 Å². The number of hydrogen-bond acceptors (Lipinski definition) is 3. The molecule has 0 radical (unpaired) electrons. The zero-order valence-corrected chi connectivity index (χ0v) is 18.9. The Morgan fingerprint density at radius 1 is 1.11 bits per heavy atom. The van der Waals surface area contributed by atoms with E-state index in [2.05, 4.69) is 52.0 Å². The number of nitrogens with one attached hydrogen (secondary N) is 2. The first kappa shape index (κ1) is 22.5. The summed E-state index contributed by atoms with van der Waals surface area (Å²) < 4.78 is 11.3. The SMILES string of the molecule is CN=C(NCc1ccc(OC)cc1)NCC1CCCOC1c1ccccc1.I. The largest absolute Gasteiger partial charge is 0.497 e. The van der Waals surface area contributed by atoms with Crippen LogP contribution in [0.2, 0.25) is 0 Å². The van der Waals surface area contributed by atoms with Crippen LogP contribution in [-0.4, -0.2) is 33.3 Å². The second kappa shape index (κ2) is 11.9. The van der Waals surface area contributed by atoms with Crippen molar-refractivity contribution in [2.24, 2.45) is 10.9 Å². The number of nitrogens with zero attached hydrogens (tertiary/aromatic N) is 1. The van der Waals surface area contributed by atoms with Crippen LogP contribution in [-0.2, 0) is 11.3 Å². The van der Waals surface area contributed by atoms with Gasteiger partial charge < -0.3 is 20.1 Å². The van der Waals surface area contributed by atoms with Crippen LogP contribution in [0.1, 0.15) is 30.1 Å². The van der Waals surface area contributed by atoms with E-state index < -0.39 is 0 Å². The minimum Gasteiger partial charge on any atom is -0.497 e. The molecule has 2 atom stereocenters. The molecule has 152 valence electrons. The Morgan fingerprint density at radius 3 is 2.54 bits per heavy atom. The van der Waals surface area contributed by atoms with Gasteiger partial charge in [-0.05, 0) is 36.1 Å². The third-order valence-corrected chi connectivity index (χ3v) is 4.95. The summed E-state index contributed by atoms with van der Waals surface area (Å²) in [7, 11) is 3.48. The van der Waals surface area contributed by atoms with Gasteiger partial charge in [-0.25, -0.2) is 0 Å². The number of rotatable bonds is 6. The number of aliphatic imine (C=N–C) groups is 1. The van der Waals surface area contributed by atoms with Crippen LogP contribution in [0.25, 0.3) is 0 Å². The molecule has 1 saturated heterocycles. The summed E-state index contributed by atoms with van der Waals surface area (Å²) in [6.45, 7) is 2.38. The zero-order chi connectivity index (χ0) is 18.9. The van der Waals surface area contributed by atoms with Gasteiger partial charge in [0.1, 0.15) is 5.75 Å². The van der Waals surface area contributed by atoms with Crippen LogP contribution in [0.15, 0.2) is 59.6 Å². The minimum atomic E-state index is 0. The van der Waals surface area contributed by atoms with E-state index in [0.29, 0.717) is 12.5 Å². The number of ether oxygens (including phenoxy) is 2. The van der Waals surface area contributed by atoms with E-state index >= 15 is 0 Å². The van der Waals surface area contributed by atoms with Crippen LogP contribution in [0.5, 0.6) is 5.75 Å². The Morgan fingerprint density at radius 2 is 1.86 bits per heavy atom. The molecule has 0 aliphatic carbocycles. The maximum absolute atomic E-state index is 6.08. The number of guanidine groups is 1. The van der Waals surface area contributed by atoms with Crippen molar-refractivity contribution in [3.63, 3.8) is 0 Å². The van der Waals surface area contributed by atoms with E-state index in [0.717, 1.165) is 37.7 Å². The van der Waals surface area contributed by atoms with E-state index in [9.17, 15) is 0 Å². The van der Waals surface area contributed by atoms with E-state index in [1.54, 1.807) is 14.2 Å². The van der Waals surface area contributed by atoms with Crippen molar-refractivity contribution in [3.05, 3.63) is 65.7 Å². The molecule has 2 aromatic carbocycles. The summed E-state index contributed by atoms with van der Waals surface area (Å²) in [4.78, 5) is 4.35. The van der Waals surface area contributed by atoms with E-state index in [4.69, 9.17) is 9.47 Å². The molecule has 0 saturated carbocycles. The lowest BCUT2D eigenvalue weighted by molar-refractivity contribution is -0.0265. The Labute approximate surface area is 184 Å². The standard InChI is InChI=1S/C22H29N3O2.HI/c1-23-22(24-15-17-10-12-20(26-2)13-11-17)25-16-19-9-6-14-27-21(19)18-7-4-3-5-8-18;/h3-5,7-8,10-13,19,21H,6,9,14-16H2,1-2H3,(H2,23,24,25);1H. The topological polar surface area (TPSA) is 54.9 Å². The van der Waals surface area contributed by atoms with Crippen LogP contribution in [0.4, 0.5) is 0 Å². The molecule has 1 heterocycles. The quantitative estimate of drug-likeness (QED) is 0.359. The molecule has 3 rings (SSSR count). The van der Waals surface area contributed by atoms with Gasteiger partial charge in [-0.15, -0.1) is 24.0 Å². The fourth-order valence-corrected chi connectivity index (χ4v) is 3.44. The smallest absolute Gasteiger partial charge is 0.191 e. The third kappa shape index (κ3) is 6.38. The summed E-state index contributed by atoms with van der Waals surface area (Å²) >= 11 is 0. The van der Waals surface area contributed by atoms with Gasteiger partial charge in [-0.3, -0.25) is 4.99 Å². The summed E-state index contributed by atoms with van der Waals surface area (Å²) in [5.74, 6) is 2.11. The maximum atomic E-state index is 6.08. The van der Waals surface area contributed by atoms with Crippen molar-refractivity contribution in [3.8, 4) is 5.75 Å². The van der Waals surface area contributed by atoms with Crippen molar-refractivity contribution in [1.29, 1.82) is 0 Å². The molecule has 0 bridgehead atoms. The predicted molar refractivity (Wildman–Crippen MR) is 124 cm³/mol. The van der Waals surface area contributed by atoms with Crippen molar-refractivity contribution < 1.29 is 9.47 Å². The second-order valence-corrected chi connectivity index (χ2v) is 6.76. The third-order valence-electron chi connectivity index (χ3n) is 4.95. The van der Waals surface area contributed by atoms with Gasteiger partial charge in [-0.2, -0.15) is 0 Å². The van der Waals surface area contributed by atoms with Gasteiger partial charge in [0.25, 0.3) is 0 Å². The fourth-order valence-electron chi connectivity index (χ4n) is 3.44. The minimum absolute atomic E-state index is 0. The summed E-state index contributed by atoms with van der Waals surface area (Å²) in [5.41, 5.74) is 2.44. The second-order valence-electron chi connectivity index (χ2n) is 6.76. The van der Waals surface area contributed by atoms with Crippen LogP contribution in [0.3, 0.4) is 0 Å². The Hall–Kier alpha value is -1.80. The molecule has 5 nitrogen and oxygen atoms in total. The zero-order valence-electron chi connectivity index (χ0n) is 16.6. The molecule has 2 N–H and O–H groups in total. The molecule has 0 amide bonds. The predicted octanol–water partition coefficient (Wildman–Crippen LogP) is 4.15. The van der Waals surface area contributed by atoms with Gasteiger partial charge in [-0.1, -0.05) is 42.5 Å². The van der Waals surface area contributed by atoms with Crippen molar-refractivity contribution in [2.45, 2.75) is 25.5 Å². The number of halogens is 1. The molecule has 1 aliphatic rings. The molecule has 1 aliphatic heterocycles. The number of hydrogen-bond donors (Lipinski definition) is 2. The van der Waals surface area contributed by atoms with E-state index in [-0.39, 0.29) is 30.1 Å². The first-order valence-electron chi connectivity index (χ1n) is 9.54. The average molecular weight is 495 g/mol. The Kier molecular flexibility index (Phi) is 9.57. The normalized spacial score (nSPS) is 19.4. The monoisotopic (exact) mass is 495 g/mol. The summed E-state index contributed by atoms with van der Waals surface area (Å²) in [6.07, 6.45) is 2.41. The highest BCUT2D eigenvalue weighted by Gasteiger charge is 2.27. The lowest BCUT2D eigenvalue weighted by Crippen LogP contribution is -2.41. The molecular formula is C22H30IN3O2. The average Bonchev–Trinajstić information content (AvgIpc) is 2.75. The highest BCUT2D eigenvalue weighted by atomic mass is 127. The van der Waals surface area contributed by atoms with Crippen molar-refractivity contribution >= 4 is 29.9 Å². The molecule has 0 spiro atoms. The molecule has 2 unspecified atom stereocenters. The maximum Gasteiger partial charge on any atom is 0.191 e. The lowest BCUT2D eigenvalue weighted by Gasteiger charge is -2.32. The van der Waals surface area contributed by atoms with Gasteiger partial charge >= 0.3 is 0 Å². The first-order valence-corrected chi connectivity index (χ1v) is 9.54. The Balaban J connectivity index is 0.00000280. The molecule has 2 aromatic rings. The van der Waals surface area contributed by atoms with Crippen molar-refractivity contribution in [2.75, 3.05) is 27.3 Å². The van der Waals surface area contributed by atoms with Crippen LogP contribution < -0.4 is 15.4 Å². The van der Waals surface area contributed by atoms with Crippen molar-refractivity contribution in [1.82, 2.24) is 10.6 Å². The summed E-state index contributed by atoms with van der Waals surface area (Å²) in [5, 5.41) is 6.84. The molecule has 28 heavy (non-hydrogen) atoms. The van der Waals surface area contributed by atoms with Gasteiger partial charge in [0, 0.05) is 32.7 Å². The summed E-state index contributed by atoms with van der Waals surface area (Å²) in [6, 6.07) is 18.6. The van der Waals surface area contributed by atoms with Gasteiger partial charge in [0.05, 0.1) is 13.2 Å². The molecular weight excluding hydrogens is 465 g/mol. The molecule has 1 fully saturated rings. The first-order chi connectivity index (χ1) is 13.3. The highest BCUT2D eigenvalue weighted by molar-refractivity contribution is 14.0. The number of methoxy groups -OCH3 is 1. The molecule has 0 aromatic heterocycles. The van der Waals surface area contributed by atoms with E-state index in [1.807, 2.05) is 18.2 Å².